The molecule has 0 fully saturated rings. The SMILES string of the molecule is O=C(/C=C/c1c(Cl)nc2ccccn12)Nc1ccc(CCO)cc1. The van der Waals surface area contributed by atoms with Gasteiger partial charge in [0.05, 0.1) is 5.69 Å². The van der Waals surface area contributed by atoms with Gasteiger partial charge in [-0.25, -0.2) is 4.98 Å². The molecule has 0 aliphatic carbocycles. The van der Waals surface area contributed by atoms with E-state index in [-0.39, 0.29) is 12.5 Å². The first kappa shape index (κ1) is 16.2. The fourth-order valence-corrected chi connectivity index (χ4v) is 2.60. The highest BCUT2D eigenvalue weighted by atomic mass is 35.5. The number of aliphatic hydroxyl groups is 1. The van der Waals surface area contributed by atoms with Gasteiger partial charge < -0.3 is 10.4 Å². The molecule has 1 amide bonds. The van der Waals surface area contributed by atoms with Gasteiger partial charge in [-0.1, -0.05) is 29.8 Å². The fraction of sp³-hybridized carbons (Fsp3) is 0.111. The van der Waals surface area contributed by atoms with Crippen molar-refractivity contribution in [2.24, 2.45) is 0 Å². The molecule has 2 aromatic heterocycles. The maximum Gasteiger partial charge on any atom is 0.248 e. The van der Waals surface area contributed by atoms with Crippen molar-refractivity contribution in [2.45, 2.75) is 6.42 Å². The zero-order valence-corrected chi connectivity index (χ0v) is 13.6. The number of pyridine rings is 1. The first-order valence-corrected chi connectivity index (χ1v) is 7.86. The zero-order chi connectivity index (χ0) is 16.9. The molecular formula is C18H16ClN3O2. The molecule has 0 spiro atoms. The lowest BCUT2D eigenvalue weighted by molar-refractivity contribution is -0.111. The number of fused-ring (bicyclic) bond motifs is 1. The van der Waals surface area contributed by atoms with Crippen molar-refractivity contribution >= 4 is 34.9 Å². The van der Waals surface area contributed by atoms with Gasteiger partial charge in [0, 0.05) is 24.6 Å². The first-order chi connectivity index (χ1) is 11.7. The number of amides is 1. The van der Waals surface area contributed by atoms with Crippen LogP contribution in [-0.2, 0) is 11.2 Å². The van der Waals surface area contributed by atoms with E-state index in [4.69, 9.17) is 16.7 Å². The normalized spacial score (nSPS) is 11.2. The number of aliphatic hydroxyl groups excluding tert-OH is 1. The summed E-state index contributed by atoms with van der Waals surface area (Å²) in [7, 11) is 0. The summed E-state index contributed by atoms with van der Waals surface area (Å²) in [5.41, 5.74) is 3.09. The van der Waals surface area contributed by atoms with Gasteiger partial charge in [0.1, 0.15) is 5.65 Å². The second-order valence-corrected chi connectivity index (χ2v) is 5.57. The number of nitrogens with zero attached hydrogens (tertiary/aromatic N) is 2. The smallest absolute Gasteiger partial charge is 0.248 e. The molecule has 0 bridgehead atoms. The molecule has 0 aliphatic rings. The molecule has 24 heavy (non-hydrogen) atoms. The van der Waals surface area contributed by atoms with Gasteiger partial charge >= 0.3 is 0 Å². The molecule has 0 saturated heterocycles. The van der Waals surface area contributed by atoms with E-state index >= 15 is 0 Å². The molecule has 122 valence electrons. The van der Waals surface area contributed by atoms with Gasteiger partial charge in [0.2, 0.25) is 5.91 Å². The summed E-state index contributed by atoms with van der Waals surface area (Å²) in [4.78, 5) is 16.3. The maximum absolute atomic E-state index is 12.1. The van der Waals surface area contributed by atoms with Crippen LogP contribution in [0.4, 0.5) is 5.69 Å². The van der Waals surface area contributed by atoms with Crippen LogP contribution in [0.3, 0.4) is 0 Å². The van der Waals surface area contributed by atoms with E-state index < -0.39 is 0 Å². The minimum Gasteiger partial charge on any atom is -0.396 e. The van der Waals surface area contributed by atoms with Gasteiger partial charge in [-0.05, 0) is 42.3 Å². The number of rotatable bonds is 5. The van der Waals surface area contributed by atoms with Crippen LogP contribution in [-0.4, -0.2) is 27.0 Å². The lowest BCUT2D eigenvalue weighted by atomic mass is 10.1. The third kappa shape index (κ3) is 3.64. The minimum atomic E-state index is -0.258. The number of hydrogen-bond donors (Lipinski definition) is 2. The van der Waals surface area contributed by atoms with Crippen molar-refractivity contribution in [3.63, 3.8) is 0 Å². The van der Waals surface area contributed by atoms with E-state index in [9.17, 15) is 4.79 Å². The van der Waals surface area contributed by atoms with Crippen molar-refractivity contribution in [3.8, 4) is 0 Å². The van der Waals surface area contributed by atoms with E-state index in [0.29, 0.717) is 23.0 Å². The molecule has 2 N–H and O–H groups in total. The maximum atomic E-state index is 12.1. The van der Waals surface area contributed by atoms with Crippen molar-refractivity contribution in [1.29, 1.82) is 0 Å². The number of benzene rings is 1. The molecule has 6 heteroatoms. The molecular weight excluding hydrogens is 326 g/mol. The molecule has 1 aromatic carbocycles. The second-order valence-electron chi connectivity index (χ2n) is 5.21. The Morgan fingerprint density at radius 2 is 2.04 bits per heavy atom. The number of hydrogen-bond acceptors (Lipinski definition) is 3. The Labute approximate surface area is 144 Å². The minimum absolute atomic E-state index is 0.106. The number of nitrogens with one attached hydrogen (secondary N) is 1. The molecule has 0 atom stereocenters. The Morgan fingerprint density at radius 1 is 1.25 bits per heavy atom. The highest BCUT2D eigenvalue weighted by Crippen LogP contribution is 2.19. The quantitative estimate of drug-likeness (QED) is 0.700. The van der Waals surface area contributed by atoms with Gasteiger partial charge in [0.15, 0.2) is 5.15 Å². The summed E-state index contributed by atoms with van der Waals surface area (Å²) >= 11 is 6.12. The number of carbonyl (C=O) groups is 1. The monoisotopic (exact) mass is 341 g/mol. The fourth-order valence-electron chi connectivity index (χ4n) is 2.36. The van der Waals surface area contributed by atoms with Crippen molar-refractivity contribution in [3.05, 3.63) is 71.1 Å². The molecule has 0 saturated carbocycles. The van der Waals surface area contributed by atoms with Crippen molar-refractivity contribution in [1.82, 2.24) is 9.38 Å². The highest BCUT2D eigenvalue weighted by Gasteiger charge is 2.07. The van der Waals surface area contributed by atoms with Crippen LogP contribution in [0.5, 0.6) is 0 Å². The van der Waals surface area contributed by atoms with E-state index in [1.165, 1.54) is 6.08 Å². The Kier molecular flexibility index (Phi) is 4.93. The van der Waals surface area contributed by atoms with Crippen molar-refractivity contribution in [2.75, 3.05) is 11.9 Å². The lowest BCUT2D eigenvalue weighted by Crippen LogP contribution is -2.07. The molecule has 5 nitrogen and oxygen atoms in total. The number of halogens is 1. The summed E-state index contributed by atoms with van der Waals surface area (Å²) in [6.07, 6.45) is 5.49. The summed E-state index contributed by atoms with van der Waals surface area (Å²) in [5.74, 6) is -0.258. The molecule has 2 heterocycles. The van der Waals surface area contributed by atoms with Crippen LogP contribution in [0.2, 0.25) is 5.15 Å². The lowest BCUT2D eigenvalue weighted by Gasteiger charge is -2.04. The van der Waals surface area contributed by atoms with Gasteiger partial charge in [-0.3, -0.25) is 9.20 Å². The average Bonchev–Trinajstić information content (AvgIpc) is 2.90. The Morgan fingerprint density at radius 3 is 2.79 bits per heavy atom. The highest BCUT2D eigenvalue weighted by molar-refractivity contribution is 6.31. The summed E-state index contributed by atoms with van der Waals surface area (Å²) in [6.45, 7) is 0.106. The molecule has 3 rings (SSSR count). The third-order valence-electron chi connectivity index (χ3n) is 3.54. The second kappa shape index (κ2) is 7.29. The van der Waals surface area contributed by atoms with E-state index in [0.717, 1.165) is 11.2 Å². The largest absolute Gasteiger partial charge is 0.396 e. The summed E-state index contributed by atoms with van der Waals surface area (Å²) in [6, 6.07) is 12.9. The topological polar surface area (TPSA) is 66.6 Å². The van der Waals surface area contributed by atoms with Crippen molar-refractivity contribution < 1.29 is 9.90 Å². The van der Waals surface area contributed by atoms with Crippen LogP contribution in [0, 0.1) is 0 Å². The van der Waals surface area contributed by atoms with E-state index in [1.807, 2.05) is 40.9 Å². The Bertz CT molecular complexity index is 885. The molecule has 0 aliphatic heterocycles. The number of carbonyl (C=O) groups excluding carboxylic acids is 1. The van der Waals surface area contributed by atoms with E-state index in [2.05, 4.69) is 10.3 Å². The molecule has 0 radical (unpaired) electrons. The van der Waals surface area contributed by atoms with Gasteiger partial charge in [-0.2, -0.15) is 0 Å². The average molecular weight is 342 g/mol. The standard InChI is InChI=1S/C18H16ClN3O2/c19-18-15(22-11-2-1-3-16(22)21-18)8-9-17(24)20-14-6-4-13(5-7-14)10-12-23/h1-9,11,23H,10,12H2,(H,20,24)/b9-8+. The van der Waals surface area contributed by atoms with Crippen LogP contribution in [0.1, 0.15) is 11.3 Å². The van der Waals surface area contributed by atoms with Crippen LogP contribution in [0.25, 0.3) is 11.7 Å². The van der Waals surface area contributed by atoms with Crippen LogP contribution < -0.4 is 5.32 Å². The molecule has 3 aromatic rings. The number of anilines is 1. The zero-order valence-electron chi connectivity index (χ0n) is 12.8. The predicted octanol–water partition coefficient (Wildman–Crippen LogP) is 3.17. The van der Waals surface area contributed by atoms with Gasteiger partial charge in [0.25, 0.3) is 0 Å². The Hall–Kier alpha value is -2.63. The first-order valence-electron chi connectivity index (χ1n) is 7.49. The van der Waals surface area contributed by atoms with Gasteiger partial charge in [-0.15, -0.1) is 0 Å². The number of imidazole rings is 1. The predicted molar refractivity (Wildman–Crippen MR) is 95.1 cm³/mol. The molecule has 0 unspecified atom stereocenters. The summed E-state index contributed by atoms with van der Waals surface area (Å²) < 4.78 is 1.82. The number of aromatic nitrogens is 2. The van der Waals surface area contributed by atoms with E-state index in [1.54, 1.807) is 18.2 Å². The third-order valence-corrected chi connectivity index (χ3v) is 3.81. The Balaban J connectivity index is 1.71. The van der Waals surface area contributed by atoms with Crippen LogP contribution >= 0.6 is 11.6 Å². The summed E-state index contributed by atoms with van der Waals surface area (Å²) in [5, 5.41) is 12.0. The van der Waals surface area contributed by atoms with Crippen LogP contribution in [0.15, 0.2) is 54.7 Å².